The standard InChI is InChI=1S/C2H3N2OS/c5-2-4-3-1-6-2/h3H,1H2. The van der Waals surface area contributed by atoms with Gasteiger partial charge in [0, 0.05) is 0 Å². The van der Waals surface area contributed by atoms with Gasteiger partial charge in [-0.15, -0.1) is 0 Å². The Morgan fingerprint density at radius 3 is 3.00 bits per heavy atom. The first-order valence-corrected chi connectivity index (χ1v) is 2.48. The summed E-state index contributed by atoms with van der Waals surface area (Å²) in [5, 5.41) is -0.116. The summed E-state index contributed by atoms with van der Waals surface area (Å²) in [4.78, 5) is 9.98. The second-order valence-corrected chi connectivity index (χ2v) is 1.75. The number of hydrogen-bond acceptors (Lipinski definition) is 3. The van der Waals surface area contributed by atoms with E-state index in [0.29, 0.717) is 5.88 Å². The molecule has 3 nitrogen and oxygen atoms in total. The average Bonchev–Trinajstić information content (AvgIpc) is 1.86. The quantitative estimate of drug-likeness (QED) is 0.466. The molecule has 1 fully saturated rings. The van der Waals surface area contributed by atoms with Gasteiger partial charge in [-0.1, -0.05) is 0 Å². The number of carbonyl (C=O) groups excluding carboxylic acids is 1. The van der Waals surface area contributed by atoms with E-state index in [2.05, 4.69) is 10.9 Å². The van der Waals surface area contributed by atoms with Gasteiger partial charge >= 0.3 is 5.24 Å². The van der Waals surface area contributed by atoms with E-state index in [1.54, 1.807) is 0 Å². The van der Waals surface area contributed by atoms with Gasteiger partial charge in [0.15, 0.2) is 0 Å². The molecule has 1 aliphatic heterocycles. The fourth-order valence-electron chi connectivity index (χ4n) is 0.223. The van der Waals surface area contributed by atoms with Crippen molar-refractivity contribution in [3.63, 3.8) is 0 Å². The predicted octanol–water partition coefficient (Wildman–Crippen LogP) is -0.0803. The highest BCUT2D eigenvalue weighted by Crippen LogP contribution is 2.02. The molecule has 0 aromatic heterocycles. The Kier molecular flexibility index (Phi) is 0.979. The fourth-order valence-corrected chi connectivity index (χ4v) is 0.605. The molecule has 0 aliphatic carbocycles. The van der Waals surface area contributed by atoms with Gasteiger partial charge in [-0.05, 0) is 11.8 Å². The zero-order valence-electron chi connectivity index (χ0n) is 2.97. The Labute approximate surface area is 39.5 Å². The van der Waals surface area contributed by atoms with Crippen LogP contribution in [0.2, 0.25) is 0 Å². The van der Waals surface area contributed by atoms with Crippen molar-refractivity contribution in [2.45, 2.75) is 0 Å². The molecule has 0 aromatic rings. The third kappa shape index (κ3) is 0.636. The molecule has 0 spiro atoms. The molecular formula is C2H3N2OS. The summed E-state index contributed by atoms with van der Waals surface area (Å²) in [6.07, 6.45) is 0. The van der Waals surface area contributed by atoms with Gasteiger partial charge in [-0.3, -0.25) is 4.79 Å². The third-order valence-corrected chi connectivity index (χ3v) is 1.04. The molecular weight excluding hydrogens is 100 g/mol. The van der Waals surface area contributed by atoms with Crippen LogP contribution in [0.15, 0.2) is 0 Å². The van der Waals surface area contributed by atoms with Crippen molar-refractivity contribution in [3.8, 4) is 0 Å². The molecule has 0 unspecified atom stereocenters. The molecule has 1 aliphatic rings. The lowest BCUT2D eigenvalue weighted by Gasteiger charge is -1.74. The Hall–Kier alpha value is -0.220. The summed E-state index contributed by atoms with van der Waals surface area (Å²) in [7, 11) is 0. The number of carbonyl (C=O) groups is 1. The topological polar surface area (TPSA) is 43.2 Å². The van der Waals surface area contributed by atoms with Crippen LogP contribution in [0.5, 0.6) is 0 Å². The van der Waals surface area contributed by atoms with E-state index in [0.717, 1.165) is 0 Å². The van der Waals surface area contributed by atoms with Gasteiger partial charge in [0.1, 0.15) is 0 Å². The molecule has 4 heteroatoms. The van der Waals surface area contributed by atoms with Gasteiger partial charge in [-0.2, -0.15) is 10.9 Å². The second kappa shape index (κ2) is 1.49. The number of rotatable bonds is 0. The van der Waals surface area contributed by atoms with Gasteiger partial charge < -0.3 is 0 Å². The number of nitrogens with one attached hydrogen (secondary N) is 1. The van der Waals surface area contributed by atoms with E-state index in [-0.39, 0.29) is 5.24 Å². The van der Waals surface area contributed by atoms with Crippen LogP contribution in [0.3, 0.4) is 0 Å². The van der Waals surface area contributed by atoms with Gasteiger partial charge in [0.2, 0.25) is 0 Å². The van der Waals surface area contributed by atoms with E-state index in [1.807, 2.05) is 0 Å². The minimum Gasteiger partial charge on any atom is -0.258 e. The Morgan fingerprint density at radius 1 is 2.00 bits per heavy atom. The lowest BCUT2D eigenvalue weighted by Crippen LogP contribution is -2.15. The van der Waals surface area contributed by atoms with Crippen molar-refractivity contribution >= 4 is 17.0 Å². The predicted molar refractivity (Wildman–Crippen MR) is 23.1 cm³/mol. The van der Waals surface area contributed by atoms with Crippen molar-refractivity contribution < 1.29 is 4.79 Å². The molecule has 33 valence electrons. The summed E-state index contributed by atoms with van der Waals surface area (Å²) < 4.78 is 0. The summed E-state index contributed by atoms with van der Waals surface area (Å²) >= 11 is 1.18. The minimum absolute atomic E-state index is 0.116. The van der Waals surface area contributed by atoms with Crippen LogP contribution < -0.4 is 10.9 Å². The fraction of sp³-hybridized carbons (Fsp3) is 0.500. The zero-order valence-corrected chi connectivity index (χ0v) is 3.79. The first-order valence-electron chi connectivity index (χ1n) is 1.50. The normalized spacial score (nSPS) is 21.0. The first-order chi connectivity index (χ1) is 2.89. The van der Waals surface area contributed by atoms with Crippen molar-refractivity contribution in [2.75, 3.05) is 5.88 Å². The third-order valence-electron chi connectivity index (χ3n) is 0.431. The van der Waals surface area contributed by atoms with E-state index in [9.17, 15) is 4.79 Å². The molecule has 1 saturated heterocycles. The van der Waals surface area contributed by atoms with Gasteiger partial charge in [0.05, 0.1) is 5.88 Å². The maximum Gasteiger partial charge on any atom is 0.317 e. The van der Waals surface area contributed by atoms with Crippen molar-refractivity contribution in [2.24, 2.45) is 0 Å². The van der Waals surface area contributed by atoms with Crippen molar-refractivity contribution in [3.05, 3.63) is 0 Å². The van der Waals surface area contributed by atoms with Crippen LogP contribution in [-0.4, -0.2) is 11.1 Å². The largest absolute Gasteiger partial charge is 0.317 e. The lowest BCUT2D eigenvalue weighted by molar-refractivity contribution is 0.259. The molecule has 0 aromatic carbocycles. The van der Waals surface area contributed by atoms with E-state index >= 15 is 0 Å². The van der Waals surface area contributed by atoms with Gasteiger partial charge in [0.25, 0.3) is 0 Å². The highest BCUT2D eigenvalue weighted by atomic mass is 32.2. The van der Waals surface area contributed by atoms with Crippen LogP contribution in [-0.2, 0) is 0 Å². The summed E-state index contributed by atoms with van der Waals surface area (Å²) in [6.45, 7) is 0. The SMILES string of the molecule is O=C1[N]NCS1. The Balaban J connectivity index is 2.37. The summed E-state index contributed by atoms with van der Waals surface area (Å²) in [5.41, 5.74) is 5.82. The number of amides is 1. The van der Waals surface area contributed by atoms with Crippen LogP contribution in [0.4, 0.5) is 4.79 Å². The molecule has 6 heavy (non-hydrogen) atoms. The average molecular weight is 103 g/mol. The minimum atomic E-state index is -0.116. The molecule has 1 amide bonds. The van der Waals surface area contributed by atoms with Crippen molar-refractivity contribution in [1.29, 1.82) is 0 Å². The molecule has 1 N–H and O–H groups in total. The van der Waals surface area contributed by atoms with E-state index in [4.69, 9.17) is 0 Å². The Bertz CT molecular complexity index is 65.9. The Morgan fingerprint density at radius 2 is 2.83 bits per heavy atom. The van der Waals surface area contributed by atoms with E-state index < -0.39 is 0 Å². The van der Waals surface area contributed by atoms with Crippen LogP contribution in [0, 0.1) is 0 Å². The molecule has 0 saturated carbocycles. The molecule has 1 heterocycles. The second-order valence-electron chi connectivity index (χ2n) is 0.824. The highest BCUT2D eigenvalue weighted by molar-refractivity contribution is 8.13. The summed E-state index contributed by atoms with van der Waals surface area (Å²) in [5.74, 6) is 0.638. The van der Waals surface area contributed by atoms with Crippen molar-refractivity contribution in [1.82, 2.24) is 10.9 Å². The molecule has 0 bridgehead atoms. The lowest BCUT2D eigenvalue weighted by atomic mass is 11.3. The van der Waals surface area contributed by atoms with Gasteiger partial charge in [-0.25, -0.2) is 0 Å². The molecule has 1 radical (unpaired) electrons. The molecule has 0 atom stereocenters. The zero-order chi connectivity index (χ0) is 4.41. The molecule has 1 rings (SSSR count). The van der Waals surface area contributed by atoms with Crippen LogP contribution in [0.1, 0.15) is 0 Å². The highest BCUT2D eigenvalue weighted by Gasteiger charge is 2.08. The summed E-state index contributed by atoms with van der Waals surface area (Å²) in [6, 6.07) is 0. The first kappa shape index (κ1) is 3.95. The smallest absolute Gasteiger partial charge is 0.258 e. The number of nitrogens with zero attached hydrogens (tertiary/aromatic N) is 1. The number of thioether (sulfide) groups is 1. The maximum absolute atomic E-state index is 9.98. The van der Waals surface area contributed by atoms with Crippen LogP contribution in [0.25, 0.3) is 0 Å². The van der Waals surface area contributed by atoms with E-state index in [1.165, 1.54) is 11.8 Å². The maximum atomic E-state index is 9.98. The number of hydrogen-bond donors (Lipinski definition) is 1. The monoisotopic (exact) mass is 103 g/mol. The van der Waals surface area contributed by atoms with Crippen LogP contribution >= 0.6 is 11.8 Å².